The van der Waals surface area contributed by atoms with Gasteiger partial charge in [-0.25, -0.2) is 0 Å². The van der Waals surface area contributed by atoms with Crippen molar-refractivity contribution >= 4 is 17.7 Å². The van der Waals surface area contributed by atoms with E-state index in [0.29, 0.717) is 0 Å². The third kappa shape index (κ3) is 12.6. The number of ether oxygens (including phenoxy) is 2. The molecule has 1 amide bonds. The molecule has 0 saturated carbocycles. The Morgan fingerprint density at radius 1 is 1.04 bits per heavy atom. The number of nitrogens with zero attached hydrogens (tertiary/aromatic N) is 1. The largest absolute Gasteiger partial charge is 1.00 e. The Labute approximate surface area is 288 Å². The molecule has 0 aromatic heterocycles. The van der Waals surface area contributed by atoms with Gasteiger partial charge in [0.2, 0.25) is 0 Å². The number of rotatable bonds is 14. The van der Waals surface area contributed by atoms with Crippen molar-refractivity contribution in [2.45, 2.75) is 90.6 Å². The topological polar surface area (TPSA) is 157 Å². The summed E-state index contributed by atoms with van der Waals surface area (Å²) in [6, 6.07) is -0.934. The van der Waals surface area contributed by atoms with Gasteiger partial charge in [-0.2, -0.15) is 0 Å². The average Bonchev–Trinajstić information content (AvgIpc) is 3.16. The molecule has 0 radical (unpaired) electrons. The molecule has 11 heteroatoms. The number of aliphatic carboxylic acids is 1. The molecule has 0 aromatic carbocycles. The van der Waals surface area contributed by atoms with Crippen molar-refractivity contribution in [3.8, 4) is 0 Å². The van der Waals surface area contributed by atoms with Crippen LogP contribution in [0.1, 0.15) is 53.9 Å². The molecule has 2 rings (SSSR count). The van der Waals surface area contributed by atoms with E-state index in [2.05, 4.69) is 26.8 Å². The van der Waals surface area contributed by atoms with Crippen LogP contribution < -0.4 is 34.7 Å². The molecule has 45 heavy (non-hydrogen) atoms. The van der Waals surface area contributed by atoms with Crippen LogP contribution in [0.3, 0.4) is 0 Å². The zero-order valence-electron chi connectivity index (χ0n) is 27.3. The molecule has 242 valence electrons. The molecule has 2 fully saturated rings. The van der Waals surface area contributed by atoms with E-state index in [4.69, 9.17) is 9.47 Å². The second-order valence-corrected chi connectivity index (χ2v) is 11.5. The minimum atomic E-state index is -1.31. The molecule has 2 saturated heterocycles. The van der Waals surface area contributed by atoms with E-state index in [1.807, 2.05) is 37.3 Å². The first-order chi connectivity index (χ1) is 20.7. The van der Waals surface area contributed by atoms with Crippen LogP contribution in [0.5, 0.6) is 0 Å². The Morgan fingerprint density at radius 2 is 1.60 bits per heavy atom. The number of carbonyl (C=O) groups excluding carboxylic acids is 3. The fourth-order valence-corrected chi connectivity index (χ4v) is 5.14. The smallest absolute Gasteiger partial charge is 0.550 e. The van der Waals surface area contributed by atoms with Crippen LogP contribution in [-0.4, -0.2) is 81.7 Å². The number of ketones is 1. The summed E-state index contributed by atoms with van der Waals surface area (Å²) in [6.07, 6.45) is 16.2. The fraction of sp³-hybridized carbons (Fsp3) is 0.500. The van der Waals surface area contributed by atoms with Crippen LogP contribution in [-0.2, 0) is 23.9 Å². The predicted molar refractivity (Wildman–Crippen MR) is 165 cm³/mol. The van der Waals surface area contributed by atoms with Gasteiger partial charge in [-0.05, 0) is 38.7 Å². The van der Waals surface area contributed by atoms with E-state index in [9.17, 15) is 34.8 Å². The number of likely N-dealkylation sites (tertiary alicyclic amines) is 1. The number of hydrogen-bond acceptors (Lipinski definition) is 9. The summed E-state index contributed by atoms with van der Waals surface area (Å²) in [5.41, 5.74) is 0.702. The third-order valence-corrected chi connectivity index (χ3v) is 7.51. The summed E-state index contributed by atoms with van der Waals surface area (Å²) < 4.78 is 12.0. The first-order valence-corrected chi connectivity index (χ1v) is 14.9. The van der Waals surface area contributed by atoms with Gasteiger partial charge in [0, 0.05) is 25.4 Å². The number of Topliss-reactive ketones (excluding diaryl/α,β-unsaturated/α-hetero) is 1. The quantitative estimate of drug-likeness (QED) is 0.0787. The van der Waals surface area contributed by atoms with E-state index in [1.54, 1.807) is 25.2 Å². The van der Waals surface area contributed by atoms with E-state index in [1.165, 1.54) is 19.2 Å². The molecular weight excluding hydrogens is 589 g/mol. The minimum Gasteiger partial charge on any atom is -0.550 e. The maximum absolute atomic E-state index is 12.5. The molecule has 2 aliphatic heterocycles. The number of carbonyl (C=O) groups is 3. The monoisotopic (exact) mass is 635 g/mol. The van der Waals surface area contributed by atoms with Crippen molar-refractivity contribution in [1.29, 1.82) is 0 Å². The Balaban J connectivity index is 0.0000101. The van der Waals surface area contributed by atoms with Crippen molar-refractivity contribution in [2.75, 3.05) is 7.05 Å². The summed E-state index contributed by atoms with van der Waals surface area (Å²) in [7, 11) is 1.39. The molecule has 2 heterocycles. The maximum Gasteiger partial charge on any atom is 1.00 e. The number of amides is 1. The number of aliphatic hydroxyl groups is 3. The van der Waals surface area contributed by atoms with Crippen LogP contribution in [0.4, 0.5) is 0 Å². The fourth-order valence-electron chi connectivity index (χ4n) is 5.14. The van der Waals surface area contributed by atoms with Gasteiger partial charge >= 0.3 is 29.6 Å². The maximum atomic E-state index is 12.5. The Kier molecular flexibility index (Phi) is 17.8. The van der Waals surface area contributed by atoms with E-state index in [0.717, 1.165) is 10.5 Å². The number of hydrogen-bond donors (Lipinski definition) is 3. The molecule has 0 aliphatic carbocycles. The second kappa shape index (κ2) is 19.8. The summed E-state index contributed by atoms with van der Waals surface area (Å²) in [6.45, 7) is 9.96. The van der Waals surface area contributed by atoms with Gasteiger partial charge in [0.05, 0.1) is 24.4 Å². The van der Waals surface area contributed by atoms with Gasteiger partial charge in [0.25, 0.3) is 5.91 Å². The van der Waals surface area contributed by atoms with Crippen LogP contribution in [0.15, 0.2) is 83.7 Å². The van der Waals surface area contributed by atoms with Crippen molar-refractivity contribution < 1.29 is 73.8 Å². The number of carboxylic acids is 1. The molecule has 0 spiro atoms. The van der Waals surface area contributed by atoms with Crippen LogP contribution in [0, 0.1) is 11.8 Å². The molecule has 0 aromatic rings. The van der Waals surface area contributed by atoms with Gasteiger partial charge in [-0.3, -0.25) is 9.59 Å². The SMILES string of the molecule is CC(/C=C/C=C/C=C/C=C/C=C/C(O)=C1C(=O)C(CCC(=O)[O-])N(C)C1=O)=C\C(C)C(OC1CC(O)C(O)C(C)O1)C(C)C.[Na+]. The van der Waals surface area contributed by atoms with Crippen molar-refractivity contribution in [1.82, 2.24) is 4.90 Å². The average molecular weight is 636 g/mol. The predicted octanol–water partition coefficient (Wildman–Crippen LogP) is 0.00360. The molecule has 10 nitrogen and oxygen atoms in total. The molecule has 3 N–H and O–H groups in total. The molecular formula is C34H46NNaO9. The van der Waals surface area contributed by atoms with E-state index >= 15 is 0 Å². The van der Waals surface area contributed by atoms with Crippen LogP contribution >= 0.6 is 0 Å². The summed E-state index contributed by atoms with van der Waals surface area (Å²) >= 11 is 0. The number of likely N-dealkylation sites (N-methyl/N-ethyl adjacent to an activating group) is 1. The number of carboxylic acid groups (broad SMARTS) is 1. The summed E-state index contributed by atoms with van der Waals surface area (Å²) in [5.74, 6) is -2.75. The van der Waals surface area contributed by atoms with Gasteiger partial charge < -0.3 is 39.6 Å². The normalized spacial score (nSPS) is 27.5. The summed E-state index contributed by atoms with van der Waals surface area (Å²) in [5, 5.41) is 41.0. The Morgan fingerprint density at radius 3 is 2.13 bits per heavy atom. The third-order valence-electron chi connectivity index (χ3n) is 7.51. The number of allylic oxidation sites excluding steroid dienone is 11. The standard InChI is InChI=1S/C34H47NO9.Na/c1-21(2)33(44-29-20-27(37)31(40)24(5)43-29)23(4)19-22(3)15-13-11-9-7-8-10-12-14-16-26(36)30-32(41)25(17-18-28(38)39)35(6)34(30)42;/h7-16,19,21,23-25,27,29,31,33,36-37,40H,17-18,20H2,1-6H3,(H,38,39);/q;+1/p-1/b8-7+,11-9+,12-10+,15-13+,16-14+,22-19+,30-26?;. The first-order valence-electron chi connectivity index (χ1n) is 14.9. The van der Waals surface area contributed by atoms with Crippen LogP contribution in [0.25, 0.3) is 0 Å². The zero-order chi connectivity index (χ0) is 33.0. The zero-order valence-corrected chi connectivity index (χ0v) is 29.3. The molecule has 0 bridgehead atoms. The molecule has 7 atom stereocenters. The Hall–Kier alpha value is -2.57. The number of aliphatic hydroxyl groups excluding tert-OH is 3. The van der Waals surface area contributed by atoms with Crippen molar-refractivity contribution in [3.05, 3.63) is 83.7 Å². The van der Waals surface area contributed by atoms with Crippen molar-refractivity contribution in [2.24, 2.45) is 11.8 Å². The Bertz CT molecular complexity index is 1220. The first kappa shape index (κ1) is 40.5. The van der Waals surface area contributed by atoms with Gasteiger partial charge in [0.15, 0.2) is 12.1 Å². The van der Waals surface area contributed by atoms with E-state index < -0.39 is 54.1 Å². The van der Waals surface area contributed by atoms with Crippen molar-refractivity contribution in [3.63, 3.8) is 0 Å². The minimum absolute atomic E-state index is 0. The molecule has 7 unspecified atom stereocenters. The summed E-state index contributed by atoms with van der Waals surface area (Å²) in [4.78, 5) is 36.7. The van der Waals surface area contributed by atoms with Crippen LogP contribution in [0.2, 0.25) is 0 Å². The van der Waals surface area contributed by atoms with Gasteiger partial charge in [-0.1, -0.05) is 87.1 Å². The van der Waals surface area contributed by atoms with Gasteiger partial charge in [-0.15, -0.1) is 0 Å². The second-order valence-electron chi connectivity index (χ2n) is 11.5. The van der Waals surface area contributed by atoms with E-state index in [-0.39, 0.29) is 72.3 Å². The van der Waals surface area contributed by atoms with Gasteiger partial charge in [0.1, 0.15) is 17.4 Å². The molecule has 2 aliphatic rings.